The molecule has 0 fully saturated rings. The van der Waals surface area contributed by atoms with Crippen LogP contribution >= 0.6 is 63.7 Å². The smallest absolute Gasteiger partial charge is 0.291 e. The van der Waals surface area contributed by atoms with Crippen molar-refractivity contribution >= 4 is 75.3 Å². The van der Waals surface area contributed by atoms with Gasteiger partial charge in [-0.25, -0.2) is 0 Å². The second-order valence-electron chi connectivity index (χ2n) is 3.30. The molecule has 0 radical (unpaired) electrons. The van der Waals surface area contributed by atoms with Crippen LogP contribution in [0.25, 0.3) is 0 Å². The maximum absolute atomic E-state index is 11.9. The Kier molecular flexibility index (Phi) is 4.69. The van der Waals surface area contributed by atoms with Gasteiger partial charge in [0.1, 0.15) is 0 Å². The molecule has 3 nitrogen and oxygen atoms in total. The highest BCUT2D eigenvalue weighted by molar-refractivity contribution is 9.11. The lowest BCUT2D eigenvalue weighted by molar-refractivity contribution is 0.0995. The number of rotatable bonds is 2. The number of furan rings is 1. The molecule has 2 rings (SSSR count). The highest BCUT2D eigenvalue weighted by Crippen LogP contribution is 2.34. The Morgan fingerprint density at radius 2 is 1.67 bits per heavy atom. The molecule has 0 unspecified atom stereocenters. The molecule has 7 heteroatoms. The maximum Gasteiger partial charge on any atom is 0.291 e. The Labute approximate surface area is 137 Å². The zero-order valence-corrected chi connectivity index (χ0v) is 15.0. The van der Waals surface area contributed by atoms with Crippen LogP contribution in [0.4, 0.5) is 5.69 Å². The molecular weight excluding hydrogens is 498 g/mol. The van der Waals surface area contributed by atoms with Crippen LogP contribution in [0.2, 0.25) is 0 Å². The number of anilines is 1. The van der Waals surface area contributed by atoms with Crippen molar-refractivity contribution < 1.29 is 9.21 Å². The Balaban J connectivity index is 2.27. The fourth-order valence-corrected chi connectivity index (χ4v) is 4.04. The first-order valence-corrected chi connectivity index (χ1v) is 7.86. The molecule has 0 bridgehead atoms. The van der Waals surface area contributed by atoms with Gasteiger partial charge in [0.15, 0.2) is 10.4 Å². The maximum atomic E-state index is 11.9. The largest absolute Gasteiger partial charge is 0.444 e. The molecule has 1 heterocycles. The summed E-state index contributed by atoms with van der Waals surface area (Å²) in [6.45, 7) is 0. The van der Waals surface area contributed by atoms with Crippen molar-refractivity contribution in [3.8, 4) is 0 Å². The van der Waals surface area contributed by atoms with Gasteiger partial charge < -0.3 is 9.73 Å². The minimum absolute atomic E-state index is 0.239. The van der Waals surface area contributed by atoms with Gasteiger partial charge in [-0.15, -0.1) is 0 Å². The molecule has 0 saturated carbocycles. The van der Waals surface area contributed by atoms with Crippen LogP contribution in [0.3, 0.4) is 0 Å². The van der Waals surface area contributed by atoms with E-state index < -0.39 is 0 Å². The molecule has 0 saturated heterocycles. The lowest BCUT2D eigenvalue weighted by Gasteiger charge is -2.09. The average Bonchev–Trinajstić information content (AvgIpc) is 2.70. The van der Waals surface area contributed by atoms with Crippen molar-refractivity contribution in [3.05, 3.63) is 48.1 Å². The van der Waals surface area contributed by atoms with E-state index in [0.29, 0.717) is 10.4 Å². The average molecular weight is 503 g/mol. The molecule has 0 aliphatic carbocycles. The van der Waals surface area contributed by atoms with Crippen LogP contribution in [0, 0.1) is 0 Å². The highest BCUT2D eigenvalue weighted by Gasteiger charge is 2.14. The third-order valence-corrected chi connectivity index (χ3v) is 4.18. The van der Waals surface area contributed by atoms with Gasteiger partial charge in [-0.1, -0.05) is 15.9 Å². The molecule has 0 spiro atoms. The summed E-state index contributed by atoms with van der Waals surface area (Å²) in [6.07, 6.45) is 0. The summed E-state index contributed by atoms with van der Waals surface area (Å²) in [5.41, 5.74) is 0.649. The molecular formula is C11H5Br4NO2. The topological polar surface area (TPSA) is 42.2 Å². The number of hydrogen-bond acceptors (Lipinski definition) is 2. The number of hydrogen-bond donors (Lipinski definition) is 1. The van der Waals surface area contributed by atoms with Gasteiger partial charge in [0.05, 0.1) is 5.69 Å². The van der Waals surface area contributed by atoms with Gasteiger partial charge in [-0.05, 0) is 72.1 Å². The molecule has 1 N–H and O–H groups in total. The predicted molar refractivity (Wildman–Crippen MR) is 83.9 cm³/mol. The van der Waals surface area contributed by atoms with Gasteiger partial charge in [0.2, 0.25) is 0 Å². The van der Waals surface area contributed by atoms with Gasteiger partial charge in [0, 0.05) is 13.4 Å². The van der Waals surface area contributed by atoms with Crippen molar-refractivity contribution in [3.63, 3.8) is 0 Å². The van der Waals surface area contributed by atoms with Crippen LogP contribution in [0.15, 0.2) is 46.8 Å². The van der Waals surface area contributed by atoms with E-state index in [1.807, 2.05) is 12.1 Å². The second kappa shape index (κ2) is 5.90. The van der Waals surface area contributed by atoms with E-state index in [1.54, 1.807) is 12.1 Å². The van der Waals surface area contributed by atoms with Gasteiger partial charge in [-0.3, -0.25) is 4.79 Å². The van der Waals surface area contributed by atoms with Crippen molar-refractivity contribution in [1.82, 2.24) is 0 Å². The molecule has 2 aromatic rings. The van der Waals surface area contributed by atoms with Crippen LogP contribution in [0.5, 0.6) is 0 Å². The Bertz CT molecular complexity index is 586. The number of halogens is 4. The van der Waals surface area contributed by atoms with E-state index in [9.17, 15) is 4.79 Å². The fraction of sp³-hybridized carbons (Fsp3) is 0. The van der Waals surface area contributed by atoms with E-state index in [2.05, 4.69) is 69.0 Å². The molecule has 94 valence electrons. The van der Waals surface area contributed by atoms with Crippen molar-refractivity contribution in [2.75, 3.05) is 5.32 Å². The third kappa shape index (κ3) is 3.26. The monoisotopic (exact) mass is 499 g/mol. The number of carbonyl (C=O) groups excluding carboxylic acids is 1. The standard InChI is InChI=1S/C11H5Br4NO2/c12-5-3-6(13)10(7(14)4-5)16-11(17)8-1-2-9(15)18-8/h1-4H,(H,16,17). The number of carbonyl (C=O) groups is 1. The van der Waals surface area contributed by atoms with E-state index in [-0.39, 0.29) is 11.7 Å². The summed E-state index contributed by atoms with van der Waals surface area (Å²) in [6, 6.07) is 6.96. The highest BCUT2D eigenvalue weighted by atomic mass is 79.9. The SMILES string of the molecule is O=C(Nc1c(Br)cc(Br)cc1Br)c1ccc(Br)o1. The van der Waals surface area contributed by atoms with Crippen molar-refractivity contribution in [1.29, 1.82) is 0 Å². The summed E-state index contributed by atoms with van der Waals surface area (Å²) >= 11 is 13.3. The second-order valence-corrected chi connectivity index (χ2v) is 6.71. The fourth-order valence-electron chi connectivity index (χ4n) is 1.27. The summed E-state index contributed by atoms with van der Waals surface area (Å²) < 4.78 is 8.14. The summed E-state index contributed by atoms with van der Waals surface area (Å²) in [5, 5.41) is 2.77. The normalized spacial score (nSPS) is 10.4. The molecule has 18 heavy (non-hydrogen) atoms. The molecule has 0 aliphatic heterocycles. The quantitative estimate of drug-likeness (QED) is 0.582. The van der Waals surface area contributed by atoms with Crippen LogP contribution < -0.4 is 5.32 Å². The number of amides is 1. The third-order valence-electron chi connectivity index (χ3n) is 2.04. The first-order chi connectivity index (χ1) is 8.47. The van der Waals surface area contributed by atoms with Crippen molar-refractivity contribution in [2.24, 2.45) is 0 Å². The Morgan fingerprint density at radius 1 is 1.06 bits per heavy atom. The Hall–Kier alpha value is -0.110. The lowest BCUT2D eigenvalue weighted by atomic mass is 10.3. The molecule has 0 atom stereocenters. The van der Waals surface area contributed by atoms with Gasteiger partial charge in [-0.2, -0.15) is 0 Å². The summed E-state index contributed by atoms with van der Waals surface area (Å²) in [7, 11) is 0. The number of benzene rings is 1. The molecule has 1 aromatic carbocycles. The van der Waals surface area contributed by atoms with E-state index in [4.69, 9.17) is 4.42 Å². The van der Waals surface area contributed by atoms with Gasteiger partial charge >= 0.3 is 0 Å². The Morgan fingerprint density at radius 3 is 2.17 bits per heavy atom. The molecule has 1 amide bonds. The molecule has 1 aromatic heterocycles. The van der Waals surface area contributed by atoms with Crippen LogP contribution in [-0.2, 0) is 0 Å². The lowest BCUT2D eigenvalue weighted by Crippen LogP contribution is -2.11. The molecule has 0 aliphatic rings. The minimum Gasteiger partial charge on any atom is -0.444 e. The summed E-state index contributed by atoms with van der Waals surface area (Å²) in [4.78, 5) is 11.9. The van der Waals surface area contributed by atoms with E-state index in [1.165, 1.54) is 0 Å². The number of nitrogens with one attached hydrogen (secondary N) is 1. The zero-order valence-electron chi connectivity index (χ0n) is 8.64. The first-order valence-electron chi connectivity index (χ1n) is 4.68. The first kappa shape index (κ1) is 14.3. The van der Waals surface area contributed by atoms with Crippen LogP contribution in [0.1, 0.15) is 10.6 Å². The predicted octanol–water partition coefficient (Wildman–Crippen LogP) is 5.58. The van der Waals surface area contributed by atoms with Gasteiger partial charge in [0.25, 0.3) is 5.91 Å². The van der Waals surface area contributed by atoms with E-state index in [0.717, 1.165) is 13.4 Å². The summed E-state index contributed by atoms with van der Waals surface area (Å²) in [5.74, 6) is -0.0759. The van der Waals surface area contributed by atoms with E-state index >= 15 is 0 Å². The van der Waals surface area contributed by atoms with Crippen LogP contribution in [-0.4, -0.2) is 5.91 Å². The minimum atomic E-state index is -0.315. The zero-order chi connectivity index (χ0) is 13.3. The van der Waals surface area contributed by atoms with Crippen molar-refractivity contribution in [2.45, 2.75) is 0 Å².